The van der Waals surface area contributed by atoms with Gasteiger partial charge in [-0.25, -0.2) is 14.2 Å². The average Bonchev–Trinajstić information content (AvgIpc) is 3.36. The summed E-state index contributed by atoms with van der Waals surface area (Å²) < 4.78 is 13.8. The van der Waals surface area contributed by atoms with Crippen molar-refractivity contribution in [1.82, 2.24) is 0 Å². The van der Waals surface area contributed by atoms with Gasteiger partial charge in [0.25, 0.3) is 17.5 Å². The molecule has 3 aromatic carbocycles. The van der Waals surface area contributed by atoms with Crippen molar-refractivity contribution in [3.63, 3.8) is 0 Å². The van der Waals surface area contributed by atoms with E-state index in [1.54, 1.807) is 24.3 Å². The number of para-hydroxylation sites is 1. The zero-order valence-corrected chi connectivity index (χ0v) is 24.6. The number of halogens is 3. The number of phenols is 1. The van der Waals surface area contributed by atoms with Crippen molar-refractivity contribution < 1.29 is 33.6 Å². The van der Waals surface area contributed by atoms with E-state index in [1.165, 1.54) is 36.4 Å². The number of fused-ring (bicyclic) bond motifs is 4. The van der Waals surface area contributed by atoms with Crippen LogP contribution in [0.1, 0.15) is 24.3 Å². The number of nitrogens with zero attached hydrogens (tertiary/aromatic N) is 3. The number of hydrogen-bond donors (Lipinski definition) is 1. The molecule has 1 N–H and O–H groups in total. The Kier molecular flexibility index (Phi) is 6.44. The van der Waals surface area contributed by atoms with E-state index in [0.717, 1.165) is 28.0 Å². The molecule has 2 aliphatic heterocycles. The van der Waals surface area contributed by atoms with E-state index < -0.39 is 67.8 Å². The lowest BCUT2D eigenvalue weighted by Gasteiger charge is -2.50. The van der Waals surface area contributed by atoms with Gasteiger partial charge in [0.15, 0.2) is 9.75 Å². The number of anilines is 2. The summed E-state index contributed by atoms with van der Waals surface area (Å²) in [5, 5.41) is 22.4. The third-order valence-corrected chi connectivity index (χ3v) is 10.9. The first kappa shape index (κ1) is 29.1. The largest absolute Gasteiger partial charge is 0.508 e. The van der Waals surface area contributed by atoms with E-state index >= 15 is 0 Å². The van der Waals surface area contributed by atoms with Crippen LogP contribution in [0.2, 0.25) is 0 Å². The van der Waals surface area contributed by atoms with Crippen LogP contribution in [0.25, 0.3) is 0 Å². The first-order chi connectivity index (χ1) is 21.4. The van der Waals surface area contributed by atoms with Crippen molar-refractivity contribution in [1.29, 1.82) is 0 Å². The van der Waals surface area contributed by atoms with Gasteiger partial charge in [-0.1, -0.05) is 35.9 Å². The molecule has 6 atom stereocenters. The molecule has 0 bridgehead atoms. The van der Waals surface area contributed by atoms with Crippen LogP contribution < -0.4 is 9.80 Å². The first-order valence-electron chi connectivity index (χ1n) is 14.0. The molecule has 6 unspecified atom stereocenters. The highest BCUT2D eigenvalue weighted by Gasteiger charge is 2.77. The Morgan fingerprint density at radius 1 is 0.867 bits per heavy atom. The van der Waals surface area contributed by atoms with Gasteiger partial charge in [-0.3, -0.25) is 29.3 Å². The lowest BCUT2D eigenvalue weighted by molar-refractivity contribution is -0.384. The summed E-state index contributed by atoms with van der Waals surface area (Å²) in [6.07, 6.45) is 1.48. The second-order valence-electron chi connectivity index (χ2n) is 11.6. The molecule has 0 aromatic heterocycles. The van der Waals surface area contributed by atoms with Crippen molar-refractivity contribution in [2.75, 3.05) is 9.80 Å². The number of nitro groups is 1. The normalized spacial score (nSPS) is 30.6. The van der Waals surface area contributed by atoms with E-state index in [9.17, 15) is 38.8 Å². The highest BCUT2D eigenvalue weighted by Crippen LogP contribution is 2.66. The molecular formula is C32H22Cl2FN3O7. The Morgan fingerprint density at radius 2 is 1.58 bits per heavy atom. The lowest BCUT2D eigenvalue weighted by atomic mass is 9.56. The van der Waals surface area contributed by atoms with Crippen LogP contribution in [0.15, 0.2) is 84.4 Å². The van der Waals surface area contributed by atoms with Gasteiger partial charge in [-0.05, 0) is 55.2 Å². The Morgan fingerprint density at radius 3 is 2.27 bits per heavy atom. The second-order valence-corrected chi connectivity index (χ2v) is 12.8. The molecular weight excluding hydrogens is 628 g/mol. The predicted molar refractivity (Wildman–Crippen MR) is 160 cm³/mol. The summed E-state index contributed by atoms with van der Waals surface area (Å²) in [5.74, 6) is -7.76. The van der Waals surface area contributed by atoms with Crippen LogP contribution in [-0.4, -0.2) is 43.4 Å². The summed E-state index contributed by atoms with van der Waals surface area (Å²) in [7, 11) is 0. The highest BCUT2D eigenvalue weighted by molar-refractivity contribution is 6.58. The van der Waals surface area contributed by atoms with Crippen LogP contribution >= 0.6 is 23.2 Å². The molecule has 0 radical (unpaired) electrons. The number of amides is 4. The van der Waals surface area contributed by atoms with E-state index in [1.807, 2.05) is 0 Å². The molecule has 228 valence electrons. The van der Waals surface area contributed by atoms with Gasteiger partial charge in [0.2, 0.25) is 11.8 Å². The van der Waals surface area contributed by atoms with Gasteiger partial charge in [0.1, 0.15) is 11.6 Å². The number of carbonyl (C=O) groups excluding carboxylic acids is 4. The second kappa shape index (κ2) is 9.95. The van der Waals surface area contributed by atoms with Crippen LogP contribution in [0, 0.1) is 33.7 Å². The number of hydrogen-bond acceptors (Lipinski definition) is 7. The number of carbonyl (C=O) groups is 4. The first-order valence-corrected chi connectivity index (χ1v) is 14.8. The van der Waals surface area contributed by atoms with Crippen molar-refractivity contribution in [3.05, 3.63) is 106 Å². The standard InChI is InChI=1S/C32H22Cl2FN3O7/c33-31-15-23-20(12-13-22-25(23)28(41)36(27(22)40)18-4-3-5-19(14-18)38(44)45)26(21-6-1-2-7-24(21)39)32(31,34)30(43)37(29(31)42)17-10-8-16(35)9-11-17/h1-12,14,22-23,25-26,39H,13,15H2. The minimum Gasteiger partial charge on any atom is -0.508 e. The SMILES string of the molecule is O=C1C2CC=C3C(CC4(Cl)C(=O)N(c5ccc(F)cc5)C(=O)C4(Cl)C3c3ccccc3O)C2C(=O)N1c1cccc([N+](=O)[O-])c1. The summed E-state index contributed by atoms with van der Waals surface area (Å²) >= 11 is 14.5. The molecule has 3 fully saturated rings. The molecule has 1 saturated carbocycles. The fourth-order valence-corrected chi connectivity index (χ4v) is 8.40. The molecule has 10 nitrogen and oxygen atoms in total. The van der Waals surface area contributed by atoms with Gasteiger partial charge in [-0.2, -0.15) is 0 Å². The van der Waals surface area contributed by atoms with Gasteiger partial charge in [-0.15, -0.1) is 23.2 Å². The molecule has 2 aliphatic carbocycles. The summed E-state index contributed by atoms with van der Waals surface area (Å²) in [4.78, 5) is 64.5. The monoisotopic (exact) mass is 649 g/mol. The summed E-state index contributed by atoms with van der Waals surface area (Å²) in [6.45, 7) is 0. The number of phenolic OH excluding ortho intramolecular Hbond substituents is 1. The van der Waals surface area contributed by atoms with Crippen LogP contribution in [-0.2, 0) is 19.2 Å². The van der Waals surface area contributed by atoms with Crippen LogP contribution in [0.5, 0.6) is 5.75 Å². The number of nitro benzene ring substituents is 1. The molecule has 4 aliphatic rings. The van der Waals surface area contributed by atoms with Crippen molar-refractivity contribution in [2.24, 2.45) is 17.8 Å². The van der Waals surface area contributed by atoms with Gasteiger partial charge in [0.05, 0.1) is 28.1 Å². The van der Waals surface area contributed by atoms with Crippen LogP contribution in [0.3, 0.4) is 0 Å². The molecule has 4 amide bonds. The zero-order chi connectivity index (χ0) is 32.0. The molecule has 7 rings (SSSR count). The predicted octanol–water partition coefficient (Wildman–Crippen LogP) is 5.21. The fourth-order valence-electron chi connectivity index (χ4n) is 7.48. The fraction of sp³-hybridized carbons (Fsp3) is 0.250. The molecule has 0 spiro atoms. The zero-order valence-electron chi connectivity index (χ0n) is 23.1. The quantitative estimate of drug-likeness (QED) is 0.135. The number of allylic oxidation sites excluding steroid dienone is 2. The van der Waals surface area contributed by atoms with E-state index in [4.69, 9.17) is 23.2 Å². The van der Waals surface area contributed by atoms with Crippen molar-refractivity contribution in [3.8, 4) is 5.75 Å². The number of rotatable bonds is 4. The number of aromatic hydroxyl groups is 1. The number of imide groups is 2. The Balaban J connectivity index is 1.38. The van der Waals surface area contributed by atoms with Gasteiger partial charge >= 0.3 is 0 Å². The third kappa shape index (κ3) is 3.86. The minimum absolute atomic E-state index is 0.0325. The Hall–Kier alpha value is -4.61. The number of benzene rings is 3. The maximum absolute atomic E-state index is 14.3. The summed E-state index contributed by atoms with van der Waals surface area (Å²) in [6, 6.07) is 16.0. The minimum atomic E-state index is -2.18. The molecule has 2 saturated heterocycles. The molecule has 45 heavy (non-hydrogen) atoms. The van der Waals surface area contributed by atoms with Crippen molar-refractivity contribution >= 4 is 63.9 Å². The molecule has 2 heterocycles. The molecule has 3 aromatic rings. The average molecular weight is 650 g/mol. The Labute approximate surface area is 264 Å². The summed E-state index contributed by atoms with van der Waals surface area (Å²) in [5.41, 5.74) is 0.428. The van der Waals surface area contributed by atoms with E-state index in [0.29, 0.717) is 5.57 Å². The molecule has 13 heteroatoms. The maximum atomic E-state index is 14.3. The topological polar surface area (TPSA) is 138 Å². The maximum Gasteiger partial charge on any atom is 0.271 e. The number of non-ortho nitro benzene ring substituents is 1. The number of alkyl halides is 2. The third-order valence-electron chi connectivity index (χ3n) is 9.44. The Bertz CT molecular complexity index is 1880. The highest BCUT2D eigenvalue weighted by atomic mass is 35.5. The van der Waals surface area contributed by atoms with Gasteiger partial charge < -0.3 is 5.11 Å². The van der Waals surface area contributed by atoms with Gasteiger partial charge in [0, 0.05) is 23.6 Å². The van der Waals surface area contributed by atoms with Crippen molar-refractivity contribution in [2.45, 2.75) is 28.5 Å². The lowest BCUT2D eigenvalue weighted by Crippen LogP contribution is -2.60. The van der Waals surface area contributed by atoms with E-state index in [-0.39, 0.29) is 41.2 Å². The van der Waals surface area contributed by atoms with Crippen LogP contribution in [0.4, 0.5) is 21.5 Å². The van der Waals surface area contributed by atoms with E-state index in [2.05, 4.69) is 0 Å². The smallest absolute Gasteiger partial charge is 0.271 e.